The Bertz CT molecular complexity index is 1780. The summed E-state index contributed by atoms with van der Waals surface area (Å²) in [7, 11) is 2.13. The monoisotopic (exact) mass is 799 g/mol. The van der Waals surface area contributed by atoms with Crippen molar-refractivity contribution in [1.82, 2.24) is 30.4 Å². The highest BCUT2D eigenvalue weighted by molar-refractivity contribution is 5.95. The zero-order valence-corrected chi connectivity index (χ0v) is 34.1. The van der Waals surface area contributed by atoms with Crippen LogP contribution in [-0.4, -0.2) is 108 Å². The molecule has 1 saturated heterocycles. The van der Waals surface area contributed by atoms with Crippen molar-refractivity contribution in [2.24, 2.45) is 0 Å². The number of carbonyl (C=O) groups is 2. The summed E-state index contributed by atoms with van der Waals surface area (Å²) < 4.78 is 22.7. The van der Waals surface area contributed by atoms with Crippen LogP contribution in [0.4, 0.5) is 5.69 Å². The van der Waals surface area contributed by atoms with Gasteiger partial charge in [0.1, 0.15) is 5.75 Å². The Morgan fingerprint density at radius 2 is 1.45 bits per heavy atom. The van der Waals surface area contributed by atoms with E-state index >= 15 is 0 Å². The summed E-state index contributed by atoms with van der Waals surface area (Å²) in [4.78, 5) is 33.8. The summed E-state index contributed by atoms with van der Waals surface area (Å²) >= 11 is 0. The number of hydrogen-bond donors (Lipinski definition) is 4. The van der Waals surface area contributed by atoms with Crippen LogP contribution < -0.4 is 15.4 Å². The second kappa shape index (κ2) is 24.1. The molecule has 0 aliphatic carbocycles. The summed E-state index contributed by atoms with van der Waals surface area (Å²) in [6.07, 6.45) is 11.9. The smallest absolute Gasteiger partial charge is 0.303 e. The molecule has 14 heteroatoms. The number of H-pyrrole nitrogens is 1. The van der Waals surface area contributed by atoms with E-state index in [0.717, 1.165) is 92.8 Å². The predicted molar refractivity (Wildman–Crippen MR) is 223 cm³/mol. The van der Waals surface area contributed by atoms with Crippen molar-refractivity contribution in [3.8, 4) is 17.1 Å². The number of nitrogens with zero attached hydrogens (tertiary/aromatic N) is 4. The van der Waals surface area contributed by atoms with Gasteiger partial charge >= 0.3 is 5.97 Å². The van der Waals surface area contributed by atoms with Gasteiger partial charge in [-0.05, 0) is 107 Å². The molecule has 5 rings (SSSR count). The number of carbonyl (C=O) groups excluding carboxylic acids is 1. The first-order valence-electron chi connectivity index (χ1n) is 20.7. The van der Waals surface area contributed by atoms with Crippen molar-refractivity contribution in [3.05, 3.63) is 90.0 Å². The fourth-order valence-electron chi connectivity index (χ4n) is 6.82. The minimum atomic E-state index is -0.746. The molecule has 0 saturated carbocycles. The number of likely N-dealkylation sites (tertiary alicyclic amines) is 1. The largest absolute Gasteiger partial charge is 0.494 e. The molecule has 0 spiro atoms. The van der Waals surface area contributed by atoms with Crippen molar-refractivity contribution in [3.63, 3.8) is 0 Å². The van der Waals surface area contributed by atoms with E-state index in [1.54, 1.807) is 12.4 Å². The fraction of sp³-hybridized carbons (Fsp3) is 0.523. The van der Waals surface area contributed by atoms with Crippen LogP contribution in [0.3, 0.4) is 0 Å². The van der Waals surface area contributed by atoms with Crippen LogP contribution in [0, 0.1) is 0 Å². The number of nitrogens with one attached hydrogen (secondary N) is 3. The van der Waals surface area contributed by atoms with Gasteiger partial charge in [0.25, 0.3) is 5.91 Å². The topological polar surface area (TPSA) is 173 Å². The molecule has 2 aromatic heterocycles. The number of amides is 1. The first-order chi connectivity index (χ1) is 28.3. The molecule has 1 atom stereocenters. The third-order valence-electron chi connectivity index (χ3n) is 10.3. The number of pyridine rings is 1. The molecule has 58 heavy (non-hydrogen) atoms. The minimum absolute atomic E-state index is 0.145. The highest BCUT2D eigenvalue weighted by atomic mass is 16.5. The number of carboxylic acid groups (broad SMARTS) is 1. The maximum Gasteiger partial charge on any atom is 0.303 e. The Hall–Kier alpha value is -4.89. The Morgan fingerprint density at radius 3 is 2.12 bits per heavy atom. The van der Waals surface area contributed by atoms with Crippen molar-refractivity contribution in [2.45, 2.75) is 82.7 Å². The van der Waals surface area contributed by atoms with Gasteiger partial charge < -0.3 is 44.6 Å². The Morgan fingerprint density at radius 1 is 0.810 bits per heavy atom. The lowest BCUT2D eigenvalue weighted by Gasteiger charge is -2.40. The standard InChI is InChI=1S/C44H61N7O7/c1-34(35-14-16-39(17-15-35)58-28-9-4-3-7-26-55-29-31-57-32-30-56-27-8-5-6-13-40(52)53)46-42(54)37-11-10-12-38(33-37)48-44(20-24-51(2)25-21-44)43-47-41(49-50-43)36-18-22-45-23-19-36/h10-12,14-19,22-23,33-34,48H,3-9,13,20-21,24-32H2,1-2H3,(H,46,54)(H,52,53)(H,47,49,50)/t34-/m1/s1. The lowest BCUT2D eigenvalue weighted by atomic mass is 9.86. The summed E-state index contributed by atoms with van der Waals surface area (Å²) in [5.74, 6) is 1.40. The van der Waals surface area contributed by atoms with E-state index in [-0.39, 0.29) is 18.4 Å². The molecule has 0 radical (unpaired) electrons. The lowest BCUT2D eigenvalue weighted by molar-refractivity contribution is -0.137. The molecule has 314 valence electrons. The molecule has 14 nitrogen and oxygen atoms in total. The van der Waals surface area contributed by atoms with Gasteiger partial charge in [0.15, 0.2) is 11.6 Å². The molecular formula is C44H61N7O7. The van der Waals surface area contributed by atoms with Crippen LogP contribution >= 0.6 is 0 Å². The minimum Gasteiger partial charge on any atom is -0.494 e. The molecule has 4 aromatic rings. The third-order valence-corrected chi connectivity index (χ3v) is 10.3. The molecule has 1 aliphatic rings. The predicted octanol–water partition coefficient (Wildman–Crippen LogP) is 7.02. The molecule has 2 aromatic carbocycles. The average Bonchev–Trinajstić information content (AvgIpc) is 3.75. The lowest BCUT2D eigenvalue weighted by Crippen LogP contribution is -2.46. The van der Waals surface area contributed by atoms with E-state index in [1.807, 2.05) is 67.6 Å². The van der Waals surface area contributed by atoms with E-state index < -0.39 is 11.5 Å². The number of rotatable bonds is 27. The van der Waals surface area contributed by atoms with E-state index in [1.165, 1.54) is 0 Å². The number of aliphatic carboxylic acids is 1. The summed E-state index contributed by atoms with van der Waals surface area (Å²) in [6.45, 7) is 7.97. The van der Waals surface area contributed by atoms with Crippen LogP contribution in [-0.2, 0) is 24.5 Å². The molecule has 1 amide bonds. The van der Waals surface area contributed by atoms with Gasteiger partial charge in [0.2, 0.25) is 0 Å². The molecular weight excluding hydrogens is 739 g/mol. The van der Waals surface area contributed by atoms with Gasteiger partial charge in [0, 0.05) is 61.9 Å². The van der Waals surface area contributed by atoms with Gasteiger partial charge in [0.05, 0.1) is 44.6 Å². The number of aromatic nitrogens is 4. The molecule has 1 fully saturated rings. The van der Waals surface area contributed by atoms with Crippen LogP contribution in [0.1, 0.15) is 98.9 Å². The highest BCUT2D eigenvalue weighted by Crippen LogP contribution is 2.35. The van der Waals surface area contributed by atoms with Crippen molar-refractivity contribution in [1.29, 1.82) is 0 Å². The first kappa shape index (κ1) is 44.2. The fourth-order valence-corrected chi connectivity index (χ4v) is 6.82. The number of ether oxygens (including phenoxy) is 4. The van der Waals surface area contributed by atoms with E-state index in [2.05, 4.69) is 42.7 Å². The zero-order chi connectivity index (χ0) is 40.8. The number of hydrogen-bond acceptors (Lipinski definition) is 11. The molecule has 0 bridgehead atoms. The van der Waals surface area contributed by atoms with Gasteiger partial charge in [-0.1, -0.05) is 31.0 Å². The van der Waals surface area contributed by atoms with Crippen molar-refractivity contribution >= 4 is 17.6 Å². The van der Waals surface area contributed by atoms with Crippen LogP contribution in [0.5, 0.6) is 5.75 Å². The Balaban J connectivity index is 0.954. The normalized spacial score (nSPS) is 14.5. The number of unbranched alkanes of at least 4 members (excludes halogenated alkanes) is 5. The van der Waals surface area contributed by atoms with E-state index in [4.69, 9.17) is 24.1 Å². The third kappa shape index (κ3) is 14.8. The molecule has 4 N–H and O–H groups in total. The Labute approximate surface area is 342 Å². The molecule has 1 aliphatic heterocycles. The average molecular weight is 800 g/mol. The summed E-state index contributed by atoms with van der Waals surface area (Å²) in [6, 6.07) is 19.2. The summed E-state index contributed by atoms with van der Waals surface area (Å²) in [5, 5.41) is 24.6. The second-order valence-electron chi connectivity index (χ2n) is 14.9. The van der Waals surface area contributed by atoms with Gasteiger partial charge in [-0.3, -0.25) is 14.6 Å². The second-order valence-corrected chi connectivity index (χ2v) is 14.9. The quantitative estimate of drug-likeness (QED) is 0.0455. The van der Waals surface area contributed by atoms with Crippen LogP contribution in [0.25, 0.3) is 11.4 Å². The number of benzene rings is 2. The maximum absolute atomic E-state index is 13.5. The van der Waals surface area contributed by atoms with Gasteiger partial charge in [-0.15, -0.1) is 10.2 Å². The van der Waals surface area contributed by atoms with Crippen LogP contribution in [0.2, 0.25) is 0 Å². The number of aromatic amines is 1. The van der Waals surface area contributed by atoms with E-state index in [9.17, 15) is 9.59 Å². The molecule has 0 unspecified atom stereocenters. The SMILES string of the molecule is C[C@@H](NC(=O)c1cccc(NC2(c3nnc(-c4ccncc4)[nH]3)CCN(C)CC2)c1)c1ccc(OCCCCCCOCCOCCOCCCCCC(=O)O)cc1. The van der Waals surface area contributed by atoms with Crippen molar-refractivity contribution in [2.75, 3.05) is 71.7 Å². The van der Waals surface area contributed by atoms with Crippen molar-refractivity contribution < 1.29 is 33.6 Å². The summed E-state index contributed by atoms with van der Waals surface area (Å²) in [5.41, 5.74) is 2.89. The highest BCUT2D eigenvalue weighted by Gasteiger charge is 2.39. The number of carboxylic acids is 1. The van der Waals surface area contributed by atoms with Crippen LogP contribution in [0.15, 0.2) is 73.1 Å². The Kier molecular flexibility index (Phi) is 18.4. The zero-order valence-electron chi connectivity index (χ0n) is 34.1. The first-order valence-corrected chi connectivity index (χ1v) is 20.7. The van der Waals surface area contributed by atoms with Gasteiger partial charge in [-0.25, -0.2) is 0 Å². The number of piperidine rings is 1. The van der Waals surface area contributed by atoms with E-state index in [0.29, 0.717) is 64.1 Å². The van der Waals surface area contributed by atoms with Gasteiger partial charge in [-0.2, -0.15) is 0 Å². The maximum atomic E-state index is 13.5. The molecule has 3 heterocycles. The number of anilines is 1.